The summed E-state index contributed by atoms with van der Waals surface area (Å²) in [4.78, 5) is 35.5. The van der Waals surface area contributed by atoms with Crippen molar-refractivity contribution in [2.45, 2.75) is 39.6 Å². The van der Waals surface area contributed by atoms with Gasteiger partial charge < -0.3 is 14.2 Å². The number of rotatable bonds is 5. The molecule has 2 atom stereocenters. The number of carbonyl (C=O) groups is 3. The number of cyclic esters (lactones) is 1. The monoisotopic (exact) mass is 364 g/mol. The minimum absolute atomic E-state index is 0.140. The predicted molar refractivity (Wildman–Crippen MR) is 92.9 cm³/mol. The molecule has 0 aromatic heterocycles. The molecule has 1 heterocycles. The summed E-state index contributed by atoms with van der Waals surface area (Å²) < 4.78 is 15.9. The van der Waals surface area contributed by atoms with Crippen molar-refractivity contribution in [1.29, 1.82) is 0 Å². The van der Waals surface area contributed by atoms with E-state index in [1.807, 2.05) is 30.3 Å². The van der Waals surface area contributed by atoms with Gasteiger partial charge in [-0.25, -0.2) is 4.79 Å². The van der Waals surface area contributed by atoms with E-state index in [9.17, 15) is 14.4 Å². The molecule has 7 heteroatoms. The van der Waals surface area contributed by atoms with E-state index in [2.05, 4.69) is 0 Å². The van der Waals surface area contributed by atoms with Crippen LogP contribution in [0.2, 0.25) is 0 Å². The van der Waals surface area contributed by atoms with Crippen LogP contribution >= 0.6 is 12.2 Å². The van der Waals surface area contributed by atoms with Gasteiger partial charge in [-0.05, 0) is 26.3 Å². The number of ether oxygens (including phenoxy) is 3. The molecule has 0 aliphatic carbocycles. The first-order valence-electron chi connectivity index (χ1n) is 7.82. The summed E-state index contributed by atoms with van der Waals surface area (Å²) in [6.07, 6.45) is -2.13. The number of carbonyl (C=O) groups excluding carboxylic acids is 3. The molecule has 6 nitrogen and oxygen atoms in total. The Balaban J connectivity index is 2.07. The van der Waals surface area contributed by atoms with E-state index in [0.29, 0.717) is 0 Å². The van der Waals surface area contributed by atoms with E-state index < -0.39 is 40.2 Å². The third kappa shape index (κ3) is 4.93. The van der Waals surface area contributed by atoms with Crippen LogP contribution in [0.4, 0.5) is 0 Å². The van der Waals surface area contributed by atoms with E-state index in [4.69, 9.17) is 26.4 Å². The number of ketones is 1. The smallest absolute Gasteiger partial charge is 0.353 e. The van der Waals surface area contributed by atoms with Gasteiger partial charge in [0.1, 0.15) is 6.61 Å². The summed E-state index contributed by atoms with van der Waals surface area (Å²) in [6, 6.07) is 9.22. The van der Waals surface area contributed by atoms with E-state index in [1.165, 1.54) is 0 Å². The average molecular weight is 364 g/mol. The minimum Gasteiger partial charge on any atom is -0.461 e. The lowest BCUT2D eigenvalue weighted by molar-refractivity contribution is -0.174. The average Bonchev–Trinajstić information content (AvgIpc) is 2.57. The molecule has 1 fully saturated rings. The normalized spacial score (nSPS) is 21.0. The van der Waals surface area contributed by atoms with Gasteiger partial charge in [0.15, 0.2) is 17.1 Å². The van der Waals surface area contributed by atoms with E-state index in [0.717, 1.165) is 5.56 Å². The number of Topliss-reactive ketones (excluding diaryl/α,β-unsaturated/α-hetero) is 1. The molecule has 1 aliphatic rings. The van der Waals surface area contributed by atoms with Crippen LogP contribution in [-0.4, -0.2) is 41.4 Å². The van der Waals surface area contributed by atoms with Crippen molar-refractivity contribution in [2.24, 2.45) is 5.41 Å². The molecule has 0 bridgehead atoms. The number of hydrogen-bond acceptors (Lipinski definition) is 7. The van der Waals surface area contributed by atoms with Gasteiger partial charge in [-0.15, -0.1) is 0 Å². The molecule has 1 aliphatic heterocycles. The van der Waals surface area contributed by atoms with Crippen LogP contribution in [0.3, 0.4) is 0 Å². The molecule has 2 rings (SSSR count). The molecule has 1 saturated heterocycles. The second-order valence-corrected chi connectivity index (χ2v) is 7.11. The molecule has 0 unspecified atom stereocenters. The van der Waals surface area contributed by atoms with Gasteiger partial charge in [-0.2, -0.15) is 0 Å². The molecule has 0 spiro atoms. The Bertz CT molecular complexity index is 677. The third-order valence-corrected chi connectivity index (χ3v) is 3.89. The van der Waals surface area contributed by atoms with Gasteiger partial charge >= 0.3 is 11.9 Å². The third-order valence-electron chi connectivity index (χ3n) is 3.53. The summed E-state index contributed by atoms with van der Waals surface area (Å²) in [7, 11) is 0. The highest BCUT2D eigenvalue weighted by atomic mass is 32.1. The Kier molecular flexibility index (Phi) is 6.02. The minimum atomic E-state index is -1.10. The zero-order valence-corrected chi connectivity index (χ0v) is 15.1. The molecule has 0 amide bonds. The summed E-state index contributed by atoms with van der Waals surface area (Å²) in [5.74, 6) is -1.98. The zero-order chi connectivity index (χ0) is 18.6. The quantitative estimate of drug-likeness (QED) is 0.584. The molecule has 0 saturated carbocycles. The fourth-order valence-corrected chi connectivity index (χ4v) is 2.25. The van der Waals surface area contributed by atoms with Gasteiger partial charge in [0.2, 0.25) is 5.78 Å². The first kappa shape index (κ1) is 19.2. The maximum atomic E-state index is 12.3. The number of hydrogen-bond donors (Lipinski definition) is 0. The van der Waals surface area contributed by atoms with Crippen molar-refractivity contribution in [3.63, 3.8) is 0 Å². The van der Waals surface area contributed by atoms with E-state index in [1.54, 1.807) is 20.8 Å². The second-order valence-electron chi connectivity index (χ2n) is 6.70. The fourth-order valence-electron chi connectivity index (χ4n) is 2.09. The lowest BCUT2D eigenvalue weighted by Crippen LogP contribution is -2.53. The van der Waals surface area contributed by atoms with Crippen molar-refractivity contribution in [3.05, 3.63) is 35.9 Å². The molecular formula is C18H20O6S. The zero-order valence-electron chi connectivity index (χ0n) is 14.3. The van der Waals surface area contributed by atoms with Crippen LogP contribution in [0, 0.1) is 5.41 Å². The summed E-state index contributed by atoms with van der Waals surface area (Å²) in [5, 5.41) is 0. The standard InChI is InChI=1S/C18H20O6S/c1-18(2,3)17(21)23-10-12-14(13(19)15(25)16(20)24-12)22-9-11-7-5-4-6-8-11/h4-8,12,14H,9-10H2,1-3H3/t12-,14+/m1/s1. The highest BCUT2D eigenvalue weighted by Crippen LogP contribution is 2.20. The first-order valence-corrected chi connectivity index (χ1v) is 8.23. The predicted octanol–water partition coefficient (Wildman–Crippen LogP) is 2.03. The Hall–Kier alpha value is -2.12. The lowest BCUT2D eigenvalue weighted by Gasteiger charge is -2.30. The molecular weight excluding hydrogens is 344 g/mol. The Labute approximate surface area is 151 Å². The summed E-state index contributed by atoms with van der Waals surface area (Å²) in [6.45, 7) is 4.97. The van der Waals surface area contributed by atoms with Crippen molar-refractivity contribution < 1.29 is 28.6 Å². The van der Waals surface area contributed by atoms with Gasteiger partial charge in [-0.3, -0.25) is 9.59 Å². The van der Waals surface area contributed by atoms with Crippen LogP contribution in [0.15, 0.2) is 30.3 Å². The van der Waals surface area contributed by atoms with E-state index in [-0.39, 0.29) is 13.2 Å². The Morgan fingerprint density at radius 2 is 1.84 bits per heavy atom. The number of esters is 2. The van der Waals surface area contributed by atoms with Crippen LogP contribution < -0.4 is 0 Å². The Morgan fingerprint density at radius 1 is 1.20 bits per heavy atom. The van der Waals surface area contributed by atoms with Crippen LogP contribution in [0.5, 0.6) is 0 Å². The SMILES string of the molecule is CC(C)(C)C(=O)OC[C@H]1OC(=O)C(=S)C(=O)[C@H]1OCc1ccccc1. The van der Waals surface area contributed by atoms with Crippen molar-refractivity contribution in [2.75, 3.05) is 6.61 Å². The van der Waals surface area contributed by atoms with Gasteiger partial charge in [0, 0.05) is 0 Å². The summed E-state index contributed by atoms with van der Waals surface area (Å²) >= 11 is 4.80. The number of thiocarbonyl (C=S) groups is 1. The molecule has 0 N–H and O–H groups in total. The highest BCUT2D eigenvalue weighted by molar-refractivity contribution is 7.84. The molecule has 1 aromatic rings. The van der Waals surface area contributed by atoms with Crippen LogP contribution in [0.1, 0.15) is 26.3 Å². The molecule has 25 heavy (non-hydrogen) atoms. The maximum absolute atomic E-state index is 12.3. The molecule has 134 valence electrons. The molecule has 0 radical (unpaired) electrons. The number of benzene rings is 1. The van der Waals surface area contributed by atoms with Gasteiger partial charge in [-0.1, -0.05) is 42.5 Å². The topological polar surface area (TPSA) is 78.9 Å². The maximum Gasteiger partial charge on any atom is 0.353 e. The lowest BCUT2D eigenvalue weighted by atomic mass is 9.97. The second kappa shape index (κ2) is 7.84. The van der Waals surface area contributed by atoms with Crippen molar-refractivity contribution >= 4 is 34.8 Å². The summed E-state index contributed by atoms with van der Waals surface area (Å²) in [5.41, 5.74) is 0.141. The van der Waals surface area contributed by atoms with Gasteiger partial charge in [0.25, 0.3) is 0 Å². The van der Waals surface area contributed by atoms with Crippen molar-refractivity contribution in [1.82, 2.24) is 0 Å². The highest BCUT2D eigenvalue weighted by Gasteiger charge is 2.43. The first-order chi connectivity index (χ1) is 11.7. The van der Waals surface area contributed by atoms with Crippen molar-refractivity contribution in [3.8, 4) is 0 Å². The van der Waals surface area contributed by atoms with Crippen LogP contribution in [0.25, 0.3) is 0 Å². The fraction of sp³-hybridized carbons (Fsp3) is 0.444. The van der Waals surface area contributed by atoms with E-state index >= 15 is 0 Å². The Morgan fingerprint density at radius 3 is 2.44 bits per heavy atom. The largest absolute Gasteiger partial charge is 0.461 e. The van der Waals surface area contributed by atoms with Crippen LogP contribution in [-0.2, 0) is 35.2 Å². The molecule has 1 aromatic carbocycles. The van der Waals surface area contributed by atoms with Gasteiger partial charge in [0.05, 0.1) is 12.0 Å².